The molecule has 0 aliphatic carbocycles. The maximum absolute atomic E-state index is 13.5. The molecule has 0 amide bonds. The summed E-state index contributed by atoms with van der Waals surface area (Å²) in [4.78, 5) is 0. The van der Waals surface area contributed by atoms with Gasteiger partial charge in [0.15, 0.2) is 0 Å². The summed E-state index contributed by atoms with van der Waals surface area (Å²) in [5.74, 6) is 0.498. The van der Waals surface area contributed by atoms with E-state index in [2.05, 4.69) is 26.1 Å². The lowest BCUT2D eigenvalue weighted by molar-refractivity contribution is 0.436. The maximum Gasteiger partial charge on any atom is 0.126 e. The van der Waals surface area contributed by atoms with Gasteiger partial charge in [0, 0.05) is 6.04 Å². The smallest absolute Gasteiger partial charge is 0.126 e. The highest BCUT2D eigenvalue weighted by Gasteiger charge is 2.13. The van der Waals surface area contributed by atoms with Crippen LogP contribution in [-0.2, 0) is 0 Å². The molecular formula is C14H22FN. The van der Waals surface area contributed by atoms with Crippen LogP contribution < -0.4 is 5.32 Å². The fraction of sp³-hybridized carbons (Fsp3) is 0.571. The second-order valence-electron chi connectivity index (χ2n) is 4.75. The summed E-state index contributed by atoms with van der Waals surface area (Å²) in [6, 6.07) is 5.80. The first kappa shape index (κ1) is 13.2. The van der Waals surface area contributed by atoms with Gasteiger partial charge in [-0.3, -0.25) is 0 Å². The molecule has 0 spiro atoms. The van der Waals surface area contributed by atoms with Crippen molar-refractivity contribution in [2.24, 2.45) is 5.92 Å². The lowest BCUT2D eigenvalue weighted by atomic mass is 9.96. The van der Waals surface area contributed by atoms with Gasteiger partial charge in [-0.15, -0.1) is 0 Å². The fourth-order valence-corrected chi connectivity index (χ4v) is 1.88. The van der Waals surface area contributed by atoms with E-state index in [1.807, 2.05) is 12.1 Å². The molecule has 1 rings (SSSR count). The predicted octanol–water partition coefficient (Wildman–Crippen LogP) is 3.83. The van der Waals surface area contributed by atoms with E-state index in [1.165, 1.54) is 0 Å². The van der Waals surface area contributed by atoms with Crippen LogP contribution in [0.5, 0.6) is 0 Å². The Hall–Kier alpha value is -0.890. The van der Waals surface area contributed by atoms with Crippen molar-refractivity contribution in [3.63, 3.8) is 0 Å². The second kappa shape index (κ2) is 6.00. The third-order valence-electron chi connectivity index (χ3n) is 2.76. The quantitative estimate of drug-likeness (QED) is 0.800. The van der Waals surface area contributed by atoms with Crippen molar-refractivity contribution in [3.8, 4) is 0 Å². The van der Waals surface area contributed by atoms with Crippen molar-refractivity contribution < 1.29 is 4.39 Å². The van der Waals surface area contributed by atoms with Crippen molar-refractivity contribution in [3.05, 3.63) is 35.1 Å². The predicted molar refractivity (Wildman–Crippen MR) is 67.0 cm³/mol. The van der Waals surface area contributed by atoms with Gasteiger partial charge in [0.05, 0.1) is 0 Å². The van der Waals surface area contributed by atoms with Gasteiger partial charge in [0.25, 0.3) is 0 Å². The Morgan fingerprint density at radius 2 is 2.00 bits per heavy atom. The van der Waals surface area contributed by atoms with E-state index < -0.39 is 0 Å². The number of benzene rings is 1. The fourth-order valence-electron chi connectivity index (χ4n) is 1.88. The van der Waals surface area contributed by atoms with E-state index in [0.29, 0.717) is 11.5 Å². The minimum Gasteiger partial charge on any atom is -0.310 e. The molecule has 0 bridgehead atoms. The van der Waals surface area contributed by atoms with Crippen LogP contribution >= 0.6 is 0 Å². The molecule has 0 heterocycles. The lowest BCUT2D eigenvalue weighted by Gasteiger charge is -2.20. The number of hydrogen-bond donors (Lipinski definition) is 1. The van der Waals surface area contributed by atoms with Crippen molar-refractivity contribution >= 4 is 0 Å². The van der Waals surface area contributed by atoms with Crippen molar-refractivity contribution in [2.45, 2.75) is 40.2 Å². The van der Waals surface area contributed by atoms with Crippen LogP contribution in [0.25, 0.3) is 0 Å². The second-order valence-corrected chi connectivity index (χ2v) is 4.75. The standard InChI is InChI=1S/C14H22FN/c1-5-16-14(8-10(2)3)12-7-6-11(4)13(15)9-12/h6-7,9-10,14,16H,5,8H2,1-4H3. The number of hydrogen-bond acceptors (Lipinski definition) is 1. The van der Waals surface area contributed by atoms with Gasteiger partial charge in [-0.25, -0.2) is 4.39 Å². The summed E-state index contributed by atoms with van der Waals surface area (Å²) in [6.45, 7) is 9.17. The third kappa shape index (κ3) is 3.60. The summed E-state index contributed by atoms with van der Waals surface area (Å²) in [5.41, 5.74) is 1.77. The van der Waals surface area contributed by atoms with Gasteiger partial charge in [0.1, 0.15) is 5.82 Å². The minimum atomic E-state index is -0.107. The molecular weight excluding hydrogens is 201 g/mol. The van der Waals surface area contributed by atoms with E-state index in [-0.39, 0.29) is 11.9 Å². The first-order valence-electron chi connectivity index (χ1n) is 6.04. The minimum absolute atomic E-state index is 0.107. The van der Waals surface area contributed by atoms with Crippen molar-refractivity contribution in [1.29, 1.82) is 0 Å². The van der Waals surface area contributed by atoms with Gasteiger partial charge < -0.3 is 5.32 Å². The number of halogens is 1. The summed E-state index contributed by atoms with van der Waals surface area (Å²) in [6.07, 6.45) is 1.04. The van der Waals surface area contributed by atoms with Gasteiger partial charge in [-0.2, -0.15) is 0 Å². The average Bonchev–Trinajstić information content (AvgIpc) is 2.21. The molecule has 0 aliphatic heterocycles. The normalized spacial score (nSPS) is 13.1. The molecule has 0 aliphatic rings. The van der Waals surface area contributed by atoms with Gasteiger partial charge in [-0.1, -0.05) is 32.9 Å². The number of rotatable bonds is 5. The van der Waals surface area contributed by atoms with Gasteiger partial charge in [-0.05, 0) is 43.0 Å². The summed E-state index contributed by atoms with van der Waals surface area (Å²) < 4.78 is 13.5. The molecule has 1 nitrogen and oxygen atoms in total. The van der Waals surface area contributed by atoms with E-state index in [1.54, 1.807) is 13.0 Å². The molecule has 1 aromatic rings. The van der Waals surface area contributed by atoms with Crippen LogP contribution in [0, 0.1) is 18.7 Å². The van der Waals surface area contributed by atoms with E-state index in [0.717, 1.165) is 18.5 Å². The molecule has 0 fully saturated rings. The average molecular weight is 223 g/mol. The van der Waals surface area contributed by atoms with Crippen LogP contribution in [0.3, 0.4) is 0 Å². The molecule has 90 valence electrons. The SMILES string of the molecule is CCNC(CC(C)C)c1ccc(C)c(F)c1. The number of aryl methyl sites for hydroxylation is 1. The van der Waals surface area contributed by atoms with E-state index in [4.69, 9.17) is 0 Å². The largest absolute Gasteiger partial charge is 0.310 e. The Morgan fingerprint density at radius 1 is 1.31 bits per heavy atom. The summed E-state index contributed by atoms with van der Waals surface area (Å²) in [7, 11) is 0. The molecule has 1 atom stereocenters. The highest BCUT2D eigenvalue weighted by molar-refractivity contribution is 5.25. The molecule has 1 unspecified atom stereocenters. The molecule has 1 N–H and O–H groups in total. The van der Waals surface area contributed by atoms with E-state index >= 15 is 0 Å². The highest BCUT2D eigenvalue weighted by Crippen LogP contribution is 2.22. The Kier molecular flexibility index (Phi) is 4.94. The Bertz CT molecular complexity index is 334. The molecule has 2 heteroatoms. The first-order chi connectivity index (χ1) is 7.54. The molecule has 1 aromatic carbocycles. The zero-order chi connectivity index (χ0) is 12.1. The first-order valence-corrected chi connectivity index (χ1v) is 6.04. The third-order valence-corrected chi connectivity index (χ3v) is 2.76. The van der Waals surface area contributed by atoms with Crippen LogP contribution in [0.4, 0.5) is 4.39 Å². The zero-order valence-electron chi connectivity index (χ0n) is 10.7. The molecule has 0 aromatic heterocycles. The summed E-state index contributed by atoms with van der Waals surface area (Å²) >= 11 is 0. The van der Waals surface area contributed by atoms with Gasteiger partial charge in [0.2, 0.25) is 0 Å². The lowest BCUT2D eigenvalue weighted by Crippen LogP contribution is -2.22. The van der Waals surface area contributed by atoms with Crippen molar-refractivity contribution in [1.82, 2.24) is 5.32 Å². The highest BCUT2D eigenvalue weighted by atomic mass is 19.1. The van der Waals surface area contributed by atoms with Crippen LogP contribution in [0.2, 0.25) is 0 Å². The van der Waals surface area contributed by atoms with Crippen LogP contribution in [0.1, 0.15) is 44.4 Å². The molecule has 0 saturated heterocycles. The van der Waals surface area contributed by atoms with Crippen LogP contribution in [-0.4, -0.2) is 6.54 Å². The number of nitrogens with one attached hydrogen (secondary N) is 1. The Morgan fingerprint density at radius 3 is 2.50 bits per heavy atom. The van der Waals surface area contributed by atoms with Crippen LogP contribution in [0.15, 0.2) is 18.2 Å². The topological polar surface area (TPSA) is 12.0 Å². The Labute approximate surface area is 98.1 Å². The Balaban J connectivity index is 2.87. The molecule has 0 radical (unpaired) electrons. The molecule has 16 heavy (non-hydrogen) atoms. The van der Waals surface area contributed by atoms with E-state index in [9.17, 15) is 4.39 Å². The van der Waals surface area contributed by atoms with Gasteiger partial charge >= 0.3 is 0 Å². The molecule has 0 saturated carbocycles. The maximum atomic E-state index is 13.5. The zero-order valence-corrected chi connectivity index (χ0v) is 10.7. The summed E-state index contributed by atoms with van der Waals surface area (Å²) in [5, 5.41) is 3.41. The van der Waals surface area contributed by atoms with Crippen molar-refractivity contribution in [2.75, 3.05) is 6.54 Å². The monoisotopic (exact) mass is 223 g/mol.